The van der Waals surface area contributed by atoms with Gasteiger partial charge in [-0.1, -0.05) is 18.2 Å². The van der Waals surface area contributed by atoms with Crippen molar-refractivity contribution >= 4 is 33.6 Å². The summed E-state index contributed by atoms with van der Waals surface area (Å²) in [6.45, 7) is 3.57. The SMILES string of the molecule is C=Cc1cc(Cl)c(Br)cn1. The van der Waals surface area contributed by atoms with Crippen LogP contribution in [0.4, 0.5) is 0 Å². The van der Waals surface area contributed by atoms with Crippen molar-refractivity contribution in [2.45, 2.75) is 0 Å². The third-order valence-corrected chi connectivity index (χ3v) is 2.21. The van der Waals surface area contributed by atoms with Gasteiger partial charge in [0.2, 0.25) is 0 Å². The monoisotopic (exact) mass is 217 g/mol. The van der Waals surface area contributed by atoms with Gasteiger partial charge in [-0.3, -0.25) is 4.98 Å². The summed E-state index contributed by atoms with van der Waals surface area (Å²) in [6.07, 6.45) is 3.30. The molecule has 0 aliphatic rings. The number of hydrogen-bond acceptors (Lipinski definition) is 1. The molecule has 0 fully saturated rings. The lowest BCUT2D eigenvalue weighted by molar-refractivity contribution is 1.28. The van der Waals surface area contributed by atoms with E-state index in [4.69, 9.17) is 11.6 Å². The predicted molar refractivity (Wildman–Crippen MR) is 47.0 cm³/mol. The van der Waals surface area contributed by atoms with Crippen LogP contribution in [0.1, 0.15) is 5.69 Å². The van der Waals surface area contributed by atoms with E-state index in [1.807, 2.05) is 0 Å². The van der Waals surface area contributed by atoms with Crippen LogP contribution in [0, 0.1) is 0 Å². The summed E-state index contributed by atoms with van der Waals surface area (Å²) in [5.41, 5.74) is 0.785. The fourth-order valence-electron chi connectivity index (χ4n) is 0.541. The first-order valence-electron chi connectivity index (χ1n) is 2.67. The van der Waals surface area contributed by atoms with Crippen LogP contribution < -0.4 is 0 Å². The fourth-order valence-corrected chi connectivity index (χ4v) is 0.918. The highest BCUT2D eigenvalue weighted by atomic mass is 79.9. The van der Waals surface area contributed by atoms with Crippen LogP contribution >= 0.6 is 27.5 Å². The van der Waals surface area contributed by atoms with E-state index < -0.39 is 0 Å². The zero-order valence-electron chi connectivity index (χ0n) is 5.14. The second-order valence-electron chi connectivity index (χ2n) is 1.73. The number of pyridine rings is 1. The highest BCUT2D eigenvalue weighted by molar-refractivity contribution is 9.10. The number of aromatic nitrogens is 1. The van der Waals surface area contributed by atoms with E-state index in [1.165, 1.54) is 0 Å². The number of hydrogen-bond donors (Lipinski definition) is 0. The maximum Gasteiger partial charge on any atom is 0.0639 e. The van der Waals surface area contributed by atoms with Gasteiger partial charge < -0.3 is 0 Å². The molecule has 0 aliphatic heterocycles. The van der Waals surface area contributed by atoms with Gasteiger partial charge in [-0.25, -0.2) is 0 Å². The zero-order chi connectivity index (χ0) is 7.56. The number of nitrogens with zero attached hydrogens (tertiary/aromatic N) is 1. The topological polar surface area (TPSA) is 12.9 Å². The molecule has 1 heterocycles. The van der Waals surface area contributed by atoms with E-state index in [-0.39, 0.29) is 0 Å². The minimum atomic E-state index is 0.657. The molecule has 0 atom stereocenters. The van der Waals surface area contributed by atoms with Crippen LogP contribution in [-0.2, 0) is 0 Å². The van der Waals surface area contributed by atoms with Gasteiger partial charge in [0.15, 0.2) is 0 Å². The molecule has 1 rings (SSSR count). The molecular formula is C7H5BrClN. The number of halogens is 2. The average molecular weight is 218 g/mol. The lowest BCUT2D eigenvalue weighted by Gasteiger charge is -1.94. The van der Waals surface area contributed by atoms with E-state index in [1.54, 1.807) is 18.3 Å². The molecule has 0 N–H and O–H groups in total. The average Bonchev–Trinajstić information content (AvgIpc) is 1.95. The molecule has 0 spiro atoms. The van der Waals surface area contributed by atoms with Crippen LogP contribution in [0.25, 0.3) is 6.08 Å². The maximum atomic E-state index is 5.76. The van der Waals surface area contributed by atoms with Gasteiger partial charge in [0.1, 0.15) is 0 Å². The van der Waals surface area contributed by atoms with Crippen LogP contribution in [0.3, 0.4) is 0 Å². The van der Waals surface area contributed by atoms with Crippen molar-refractivity contribution < 1.29 is 0 Å². The molecule has 52 valence electrons. The molecule has 1 aromatic heterocycles. The molecule has 0 amide bonds. The minimum Gasteiger partial charge on any atom is -0.256 e. The summed E-state index contributed by atoms with van der Waals surface area (Å²) in [5.74, 6) is 0. The molecule has 0 aliphatic carbocycles. The Kier molecular flexibility index (Phi) is 2.46. The first-order chi connectivity index (χ1) is 4.74. The predicted octanol–water partition coefficient (Wildman–Crippen LogP) is 3.14. The lowest BCUT2D eigenvalue weighted by atomic mass is 10.3. The molecule has 0 aromatic carbocycles. The van der Waals surface area contributed by atoms with Gasteiger partial charge in [-0.2, -0.15) is 0 Å². The molecule has 1 aromatic rings. The standard InChI is InChI=1S/C7H5BrClN/c1-2-5-3-7(9)6(8)4-10-5/h2-4H,1H2. The van der Waals surface area contributed by atoms with Crippen LogP contribution in [-0.4, -0.2) is 4.98 Å². The van der Waals surface area contributed by atoms with E-state index in [2.05, 4.69) is 27.5 Å². The van der Waals surface area contributed by atoms with Crippen molar-refractivity contribution in [2.24, 2.45) is 0 Å². The quantitative estimate of drug-likeness (QED) is 0.706. The Labute approximate surface area is 72.9 Å². The second-order valence-corrected chi connectivity index (χ2v) is 2.99. The van der Waals surface area contributed by atoms with Gasteiger partial charge >= 0.3 is 0 Å². The third kappa shape index (κ3) is 1.58. The molecule has 10 heavy (non-hydrogen) atoms. The zero-order valence-corrected chi connectivity index (χ0v) is 7.48. The van der Waals surface area contributed by atoms with Gasteiger partial charge in [-0.15, -0.1) is 0 Å². The molecule has 0 radical (unpaired) electrons. The normalized spacial score (nSPS) is 9.40. The van der Waals surface area contributed by atoms with Crippen LogP contribution in [0.5, 0.6) is 0 Å². The highest BCUT2D eigenvalue weighted by Crippen LogP contribution is 2.21. The van der Waals surface area contributed by atoms with Crippen molar-refractivity contribution in [2.75, 3.05) is 0 Å². The lowest BCUT2D eigenvalue weighted by Crippen LogP contribution is -1.79. The Morgan fingerprint density at radius 3 is 2.90 bits per heavy atom. The Balaban J connectivity index is 3.16. The van der Waals surface area contributed by atoms with Crippen molar-refractivity contribution in [3.8, 4) is 0 Å². The molecule has 0 bridgehead atoms. The molecule has 3 heteroatoms. The maximum absolute atomic E-state index is 5.76. The number of rotatable bonds is 1. The molecular weight excluding hydrogens is 213 g/mol. The minimum absolute atomic E-state index is 0.657. The van der Waals surface area contributed by atoms with E-state index in [0.29, 0.717) is 5.02 Å². The second kappa shape index (κ2) is 3.17. The Hall–Kier alpha value is -0.340. The van der Waals surface area contributed by atoms with Crippen LogP contribution in [0.15, 0.2) is 23.3 Å². The molecule has 0 saturated carbocycles. The van der Waals surface area contributed by atoms with Crippen molar-refractivity contribution in [3.05, 3.63) is 34.0 Å². The Morgan fingerprint density at radius 2 is 2.40 bits per heavy atom. The Bertz CT molecular complexity index is 260. The largest absolute Gasteiger partial charge is 0.256 e. The fraction of sp³-hybridized carbons (Fsp3) is 0. The summed E-state index contributed by atoms with van der Waals surface area (Å²) in [4.78, 5) is 4.01. The van der Waals surface area contributed by atoms with E-state index in [9.17, 15) is 0 Å². The van der Waals surface area contributed by atoms with E-state index >= 15 is 0 Å². The molecule has 0 saturated heterocycles. The highest BCUT2D eigenvalue weighted by Gasteiger charge is 1.95. The third-order valence-electron chi connectivity index (χ3n) is 1.04. The summed E-state index contributed by atoms with van der Waals surface area (Å²) < 4.78 is 0.805. The van der Waals surface area contributed by atoms with Gasteiger partial charge in [0.25, 0.3) is 0 Å². The smallest absolute Gasteiger partial charge is 0.0639 e. The van der Waals surface area contributed by atoms with Crippen molar-refractivity contribution in [3.63, 3.8) is 0 Å². The van der Waals surface area contributed by atoms with Crippen molar-refractivity contribution in [1.82, 2.24) is 4.98 Å². The summed E-state index contributed by atoms with van der Waals surface area (Å²) in [5, 5.41) is 0.657. The van der Waals surface area contributed by atoms with Gasteiger partial charge in [0.05, 0.1) is 15.2 Å². The summed E-state index contributed by atoms with van der Waals surface area (Å²) in [6, 6.07) is 1.75. The molecule has 1 nitrogen and oxygen atoms in total. The first-order valence-corrected chi connectivity index (χ1v) is 3.84. The summed E-state index contributed by atoms with van der Waals surface area (Å²) >= 11 is 8.99. The Morgan fingerprint density at radius 1 is 1.70 bits per heavy atom. The van der Waals surface area contributed by atoms with Crippen molar-refractivity contribution in [1.29, 1.82) is 0 Å². The van der Waals surface area contributed by atoms with Gasteiger partial charge in [0, 0.05) is 6.20 Å². The first kappa shape index (κ1) is 7.76. The van der Waals surface area contributed by atoms with Crippen LogP contribution in [0.2, 0.25) is 5.02 Å². The molecule has 0 unspecified atom stereocenters. The van der Waals surface area contributed by atoms with E-state index in [0.717, 1.165) is 10.2 Å². The van der Waals surface area contributed by atoms with Gasteiger partial charge in [-0.05, 0) is 28.1 Å². The summed E-state index contributed by atoms with van der Waals surface area (Å²) in [7, 11) is 0.